The molecular weight excluding hydrogens is 246 g/mol. The van der Waals surface area contributed by atoms with Crippen LogP contribution in [0.15, 0.2) is 0 Å². The molecule has 0 aliphatic rings. The van der Waals surface area contributed by atoms with E-state index in [0.29, 0.717) is 0 Å². The molecule has 7 heteroatoms. The third kappa shape index (κ3) is 3.74. The second-order valence-electron chi connectivity index (χ2n) is 5.97. The first-order valence-electron chi connectivity index (χ1n) is 5.17. The van der Waals surface area contributed by atoms with Crippen LogP contribution in [0.1, 0.15) is 0 Å². The summed E-state index contributed by atoms with van der Waals surface area (Å²) in [7, 11) is -5.03. The van der Waals surface area contributed by atoms with E-state index in [9.17, 15) is 8.22 Å². The number of halogens is 2. The molecule has 0 amide bonds. The summed E-state index contributed by atoms with van der Waals surface area (Å²) < 4.78 is 31.3. The Kier molecular flexibility index (Phi) is 4.49. The van der Waals surface area contributed by atoms with Gasteiger partial charge >= 0.3 is 9.06 Å². The van der Waals surface area contributed by atoms with E-state index in [1.54, 1.807) is 14.1 Å². The molecule has 0 aromatic heterocycles. The van der Waals surface area contributed by atoms with Crippen molar-refractivity contribution in [3.63, 3.8) is 0 Å². The van der Waals surface area contributed by atoms with Crippen molar-refractivity contribution in [1.82, 2.24) is 8.46 Å². The Balaban J connectivity index is 4.98. The van der Waals surface area contributed by atoms with Crippen molar-refractivity contribution in [3.05, 3.63) is 0 Å². The Labute approximate surface area is 96.0 Å². The first-order chi connectivity index (χ1) is 6.31. The molecule has 0 aliphatic heterocycles. The smallest absolute Gasteiger partial charge is 0.286 e. The van der Waals surface area contributed by atoms with Crippen LogP contribution in [0.25, 0.3) is 0 Å². The molecule has 0 atom stereocenters. The predicted octanol–water partition coefficient (Wildman–Crippen LogP) is 2.89. The Morgan fingerprint density at radius 2 is 0.867 bits per heavy atom. The lowest BCUT2D eigenvalue weighted by molar-refractivity contribution is 0.393. The zero-order valence-corrected chi connectivity index (χ0v) is 14.2. The van der Waals surface area contributed by atoms with Gasteiger partial charge < -0.3 is 0 Å². The van der Waals surface area contributed by atoms with Gasteiger partial charge in [0.05, 0.1) is 0 Å². The van der Waals surface area contributed by atoms with Crippen LogP contribution in [0, 0.1) is 0 Å². The lowest BCUT2D eigenvalue weighted by atomic mass is 11.6. The van der Waals surface area contributed by atoms with Crippen LogP contribution in [0.3, 0.4) is 0 Å². The number of hydrogen-bond acceptors (Lipinski definition) is 2. The van der Waals surface area contributed by atoms with Crippen LogP contribution in [0.5, 0.6) is 0 Å². The number of hydrogen-bond donors (Lipinski definition) is 0. The number of rotatable bonds is 4. The summed E-state index contributed by atoms with van der Waals surface area (Å²) in [6.45, 7) is 11.8. The first-order valence-corrected chi connectivity index (χ1v) is 13.7. The molecule has 92 valence electrons. The van der Waals surface area contributed by atoms with Crippen molar-refractivity contribution >= 4 is 25.5 Å². The molecule has 15 heavy (non-hydrogen) atoms. The van der Waals surface area contributed by atoms with Gasteiger partial charge in [-0.1, -0.05) is 39.3 Å². The topological polar surface area (TPSA) is 6.48 Å². The fourth-order valence-electron chi connectivity index (χ4n) is 1.03. The van der Waals surface area contributed by atoms with Gasteiger partial charge in [-0.15, -0.1) is 0 Å². The van der Waals surface area contributed by atoms with E-state index < -0.39 is 25.5 Å². The molecule has 0 spiro atoms. The highest BCUT2D eigenvalue weighted by atomic mass is 28.5. The quantitative estimate of drug-likeness (QED) is 0.572. The molecule has 0 aromatic carbocycles. The van der Waals surface area contributed by atoms with Gasteiger partial charge in [-0.25, -0.2) is 8.22 Å². The van der Waals surface area contributed by atoms with Crippen molar-refractivity contribution in [2.24, 2.45) is 0 Å². The Hall–Kier alpha value is 0.431. The lowest BCUT2D eigenvalue weighted by Gasteiger charge is -2.43. The predicted molar refractivity (Wildman–Crippen MR) is 70.2 cm³/mol. The Bertz CT molecular complexity index is 201. The van der Waals surface area contributed by atoms with Gasteiger partial charge in [0.15, 0.2) is 0 Å². The van der Waals surface area contributed by atoms with E-state index in [2.05, 4.69) is 0 Å². The van der Waals surface area contributed by atoms with Gasteiger partial charge in [0.1, 0.15) is 16.5 Å². The standard InChI is InChI=1S/C8H24F2N2Si3/c1-11(13(3,4)5)15(9,10)12(2)14(6,7)8/h1-8H3. The van der Waals surface area contributed by atoms with Crippen molar-refractivity contribution in [2.75, 3.05) is 14.1 Å². The molecule has 0 saturated carbocycles. The SMILES string of the molecule is CN([Si](C)(C)C)[Si](F)(F)N(C)[Si](C)(C)C. The zero-order chi connectivity index (χ0) is 12.7. The molecule has 0 aromatic rings. The molecule has 0 radical (unpaired) electrons. The van der Waals surface area contributed by atoms with Crippen LogP contribution in [0.2, 0.25) is 39.3 Å². The van der Waals surface area contributed by atoms with Crippen LogP contribution in [-0.2, 0) is 0 Å². The third-order valence-electron chi connectivity index (χ3n) is 2.82. The van der Waals surface area contributed by atoms with Crippen molar-refractivity contribution in [3.8, 4) is 0 Å². The van der Waals surface area contributed by atoms with Crippen molar-refractivity contribution in [1.29, 1.82) is 0 Å². The van der Waals surface area contributed by atoms with Gasteiger partial charge in [0.25, 0.3) is 0 Å². The minimum absolute atomic E-state index is 1.40. The summed E-state index contributed by atoms with van der Waals surface area (Å²) in [6.07, 6.45) is 0. The minimum Gasteiger partial charge on any atom is -0.286 e. The van der Waals surface area contributed by atoms with Gasteiger partial charge in [-0.3, -0.25) is 8.46 Å². The summed E-state index contributed by atoms with van der Waals surface area (Å²) in [5.74, 6) is 0. The highest BCUT2D eigenvalue weighted by Crippen LogP contribution is 2.26. The summed E-state index contributed by atoms with van der Waals surface area (Å²) in [6, 6.07) is 0. The maximum Gasteiger partial charge on any atom is 0.585 e. The van der Waals surface area contributed by atoms with Gasteiger partial charge in [0.2, 0.25) is 0 Å². The van der Waals surface area contributed by atoms with Crippen LogP contribution in [0.4, 0.5) is 8.22 Å². The molecule has 0 unspecified atom stereocenters. The summed E-state index contributed by atoms with van der Waals surface area (Å²) >= 11 is 0. The minimum atomic E-state index is -4.39. The van der Waals surface area contributed by atoms with Crippen molar-refractivity contribution in [2.45, 2.75) is 39.3 Å². The Morgan fingerprint density at radius 1 is 0.667 bits per heavy atom. The second-order valence-corrected chi connectivity index (χ2v) is 19.2. The molecule has 0 saturated heterocycles. The lowest BCUT2D eigenvalue weighted by Crippen LogP contribution is -2.69. The molecule has 0 heterocycles. The number of nitrogens with zero attached hydrogens (tertiary/aromatic N) is 2. The molecule has 0 fully saturated rings. The highest BCUT2D eigenvalue weighted by Gasteiger charge is 2.54. The molecule has 0 aliphatic carbocycles. The monoisotopic (exact) mass is 270 g/mol. The average Bonchev–Trinajstić information content (AvgIpc) is 1.98. The Morgan fingerprint density at radius 3 is 1.00 bits per heavy atom. The molecule has 0 bridgehead atoms. The zero-order valence-electron chi connectivity index (χ0n) is 11.2. The van der Waals surface area contributed by atoms with E-state index >= 15 is 0 Å². The van der Waals surface area contributed by atoms with E-state index in [1.807, 2.05) is 39.3 Å². The van der Waals surface area contributed by atoms with Gasteiger partial charge in [0, 0.05) is 0 Å². The first kappa shape index (κ1) is 15.4. The normalized spacial score (nSPS) is 15.2. The van der Waals surface area contributed by atoms with Gasteiger partial charge in [-0.2, -0.15) is 0 Å². The summed E-state index contributed by atoms with van der Waals surface area (Å²) in [5.41, 5.74) is 0. The second kappa shape index (κ2) is 4.36. The maximum absolute atomic E-state index is 14.3. The maximum atomic E-state index is 14.3. The largest absolute Gasteiger partial charge is 0.585 e. The summed E-state index contributed by atoms with van der Waals surface area (Å²) in [4.78, 5) is 0. The van der Waals surface area contributed by atoms with E-state index in [-0.39, 0.29) is 0 Å². The van der Waals surface area contributed by atoms with E-state index in [0.717, 1.165) is 0 Å². The van der Waals surface area contributed by atoms with E-state index in [1.165, 1.54) is 8.46 Å². The van der Waals surface area contributed by atoms with Crippen LogP contribution in [-0.4, -0.2) is 48.1 Å². The highest BCUT2D eigenvalue weighted by molar-refractivity contribution is 6.90. The molecule has 0 N–H and O–H groups in total. The van der Waals surface area contributed by atoms with Crippen LogP contribution < -0.4 is 0 Å². The average molecular weight is 271 g/mol. The fraction of sp³-hybridized carbons (Fsp3) is 1.00. The fourth-order valence-corrected chi connectivity index (χ4v) is 9.14. The summed E-state index contributed by atoms with van der Waals surface area (Å²) in [5, 5.41) is 0. The van der Waals surface area contributed by atoms with Gasteiger partial charge in [-0.05, 0) is 14.1 Å². The van der Waals surface area contributed by atoms with Crippen molar-refractivity contribution < 1.29 is 8.22 Å². The molecule has 2 nitrogen and oxygen atoms in total. The molecule has 0 rings (SSSR count). The van der Waals surface area contributed by atoms with Crippen LogP contribution >= 0.6 is 0 Å². The van der Waals surface area contributed by atoms with E-state index in [4.69, 9.17) is 0 Å². The molecular formula is C8H24F2N2Si3. The third-order valence-corrected chi connectivity index (χ3v) is 14.1.